The first-order valence-corrected chi connectivity index (χ1v) is 21.7. The van der Waals surface area contributed by atoms with Crippen molar-refractivity contribution in [2.45, 2.75) is 24.8 Å². The Kier molecular flexibility index (Phi) is 8.74. The van der Waals surface area contributed by atoms with Crippen molar-refractivity contribution >= 4 is 73.3 Å². The molecule has 9 aromatic rings. The highest BCUT2D eigenvalue weighted by atomic mass is 15.2. The zero-order chi connectivity index (χ0) is 41.0. The molecule has 4 heteroatoms. The number of aromatic nitrogens is 1. The second-order valence-corrected chi connectivity index (χ2v) is 16.4. The zero-order valence-corrected chi connectivity index (χ0v) is 34.3. The van der Waals surface area contributed by atoms with Crippen molar-refractivity contribution < 1.29 is 0 Å². The zero-order valence-electron chi connectivity index (χ0n) is 34.3. The van der Waals surface area contributed by atoms with Crippen LogP contribution in [0.1, 0.15) is 29.2 Å². The Hall–Kier alpha value is -7.82. The summed E-state index contributed by atoms with van der Waals surface area (Å²) in [5.74, 6) is 0.319. The molecule has 0 saturated heterocycles. The SMILES string of the molecule is C1=CC2c3ccccc3N(c3cccc(N(c4ccccc4)c4ccc(N(c5ccccc5)c5cccc(-n6c7c(c8ccccc86)CCC=C7)c5)c5ccccc45)c3)C2C=C1. The molecule has 3 aliphatic rings. The quantitative estimate of drug-likeness (QED) is 0.152. The van der Waals surface area contributed by atoms with Gasteiger partial charge in [0, 0.05) is 67.6 Å². The molecule has 0 spiro atoms. The van der Waals surface area contributed by atoms with Gasteiger partial charge in [-0.05, 0) is 115 Å². The maximum absolute atomic E-state index is 2.52. The van der Waals surface area contributed by atoms with Gasteiger partial charge in [-0.2, -0.15) is 0 Å². The summed E-state index contributed by atoms with van der Waals surface area (Å²) in [6.45, 7) is 0. The molecule has 0 bridgehead atoms. The molecule has 0 fully saturated rings. The monoisotopic (exact) mass is 796 g/mol. The first kappa shape index (κ1) is 36.1. The van der Waals surface area contributed by atoms with Crippen LogP contribution in [0.15, 0.2) is 225 Å². The van der Waals surface area contributed by atoms with E-state index < -0.39 is 0 Å². The van der Waals surface area contributed by atoms with Crippen molar-refractivity contribution in [1.82, 2.24) is 4.57 Å². The van der Waals surface area contributed by atoms with Crippen LogP contribution in [0.25, 0.3) is 33.4 Å². The van der Waals surface area contributed by atoms with E-state index in [1.165, 1.54) is 49.9 Å². The predicted octanol–water partition coefficient (Wildman–Crippen LogP) is 15.4. The third-order valence-corrected chi connectivity index (χ3v) is 12.9. The lowest BCUT2D eigenvalue weighted by Gasteiger charge is -2.32. The Bertz CT molecular complexity index is 3230. The first-order chi connectivity index (χ1) is 30.8. The summed E-state index contributed by atoms with van der Waals surface area (Å²) >= 11 is 0. The number of hydrogen-bond donors (Lipinski definition) is 0. The second kappa shape index (κ2) is 15.0. The number of fused-ring (bicyclic) bond motifs is 7. The van der Waals surface area contributed by atoms with Crippen LogP contribution in [0.2, 0.25) is 0 Å². The van der Waals surface area contributed by atoms with Crippen molar-refractivity contribution in [3.05, 3.63) is 241 Å². The molecule has 12 rings (SSSR count). The van der Waals surface area contributed by atoms with E-state index in [9.17, 15) is 0 Å². The van der Waals surface area contributed by atoms with Crippen molar-refractivity contribution in [1.29, 1.82) is 0 Å². The van der Waals surface area contributed by atoms with E-state index in [0.29, 0.717) is 5.92 Å². The molecule has 0 amide bonds. The molecule has 2 heterocycles. The van der Waals surface area contributed by atoms with Gasteiger partial charge in [-0.1, -0.05) is 140 Å². The van der Waals surface area contributed by atoms with Crippen molar-refractivity contribution in [3.63, 3.8) is 0 Å². The van der Waals surface area contributed by atoms with Gasteiger partial charge in [-0.3, -0.25) is 0 Å². The minimum atomic E-state index is 0.221. The minimum Gasteiger partial charge on any atom is -0.333 e. The Morgan fingerprint density at radius 1 is 0.468 bits per heavy atom. The van der Waals surface area contributed by atoms with Crippen LogP contribution in [-0.2, 0) is 6.42 Å². The fourth-order valence-electron chi connectivity index (χ4n) is 10.3. The molecule has 4 nitrogen and oxygen atoms in total. The smallest absolute Gasteiger partial charge is 0.0629 e. The molecule has 0 saturated carbocycles. The summed E-state index contributed by atoms with van der Waals surface area (Å²) in [6.07, 6.45) is 15.8. The molecule has 2 unspecified atom stereocenters. The molecule has 2 aliphatic carbocycles. The van der Waals surface area contributed by atoms with Gasteiger partial charge in [0.15, 0.2) is 0 Å². The van der Waals surface area contributed by atoms with E-state index in [1.54, 1.807) is 0 Å². The van der Waals surface area contributed by atoms with Gasteiger partial charge in [0.25, 0.3) is 0 Å². The largest absolute Gasteiger partial charge is 0.333 e. The minimum absolute atomic E-state index is 0.221. The molecular formula is C58H44N4. The number of hydrogen-bond acceptors (Lipinski definition) is 3. The summed E-state index contributed by atoms with van der Waals surface area (Å²) < 4.78 is 2.45. The van der Waals surface area contributed by atoms with E-state index >= 15 is 0 Å². The number of rotatable bonds is 8. The lowest BCUT2D eigenvalue weighted by Crippen LogP contribution is -2.28. The van der Waals surface area contributed by atoms with E-state index in [1.807, 2.05) is 0 Å². The van der Waals surface area contributed by atoms with Crippen molar-refractivity contribution in [2.75, 3.05) is 14.7 Å². The van der Waals surface area contributed by atoms with Crippen LogP contribution in [0.4, 0.5) is 45.5 Å². The van der Waals surface area contributed by atoms with Gasteiger partial charge < -0.3 is 19.3 Å². The van der Waals surface area contributed by atoms with Crippen LogP contribution in [-0.4, -0.2) is 10.6 Å². The molecule has 1 aliphatic heterocycles. The third kappa shape index (κ3) is 5.90. The van der Waals surface area contributed by atoms with Crippen LogP contribution in [0.3, 0.4) is 0 Å². The van der Waals surface area contributed by atoms with Crippen LogP contribution in [0.5, 0.6) is 0 Å². The van der Waals surface area contributed by atoms with Gasteiger partial charge in [-0.25, -0.2) is 0 Å². The average Bonchev–Trinajstić information content (AvgIpc) is 3.86. The maximum atomic E-state index is 2.52. The highest BCUT2D eigenvalue weighted by molar-refractivity contribution is 6.07. The normalized spacial score (nSPS) is 16.0. The van der Waals surface area contributed by atoms with Crippen molar-refractivity contribution in [3.8, 4) is 5.69 Å². The summed E-state index contributed by atoms with van der Waals surface area (Å²) in [7, 11) is 0. The second-order valence-electron chi connectivity index (χ2n) is 16.4. The molecule has 0 radical (unpaired) electrons. The number of allylic oxidation sites excluding steroid dienone is 3. The van der Waals surface area contributed by atoms with Crippen LogP contribution in [0, 0.1) is 0 Å². The highest BCUT2D eigenvalue weighted by Crippen LogP contribution is 2.50. The van der Waals surface area contributed by atoms with Gasteiger partial charge in [0.2, 0.25) is 0 Å². The molecule has 2 atom stereocenters. The lowest BCUT2D eigenvalue weighted by molar-refractivity contribution is 0.745. The highest BCUT2D eigenvalue weighted by Gasteiger charge is 2.37. The number of anilines is 8. The lowest BCUT2D eigenvalue weighted by atomic mass is 9.91. The van der Waals surface area contributed by atoms with Gasteiger partial charge in [0.1, 0.15) is 0 Å². The summed E-state index contributed by atoms with van der Waals surface area (Å²) in [4.78, 5) is 7.36. The number of para-hydroxylation sites is 4. The molecular weight excluding hydrogens is 753 g/mol. The van der Waals surface area contributed by atoms with Gasteiger partial charge in [0.05, 0.1) is 22.9 Å². The fourth-order valence-corrected chi connectivity index (χ4v) is 10.3. The Morgan fingerprint density at radius 3 is 1.74 bits per heavy atom. The van der Waals surface area contributed by atoms with Crippen LogP contribution >= 0.6 is 0 Å². The molecule has 296 valence electrons. The molecule has 8 aromatic carbocycles. The number of benzene rings is 8. The third-order valence-electron chi connectivity index (χ3n) is 12.9. The van der Waals surface area contributed by atoms with E-state index in [0.717, 1.165) is 52.7 Å². The summed E-state index contributed by atoms with van der Waals surface area (Å²) in [5, 5.41) is 3.67. The predicted molar refractivity (Wildman–Crippen MR) is 261 cm³/mol. The van der Waals surface area contributed by atoms with E-state index in [-0.39, 0.29) is 6.04 Å². The molecule has 62 heavy (non-hydrogen) atoms. The molecule has 1 aromatic heterocycles. The van der Waals surface area contributed by atoms with E-state index in [2.05, 4.69) is 250 Å². The van der Waals surface area contributed by atoms with E-state index in [4.69, 9.17) is 0 Å². The maximum Gasteiger partial charge on any atom is 0.0629 e. The van der Waals surface area contributed by atoms with Gasteiger partial charge in [-0.15, -0.1) is 0 Å². The fraction of sp³-hybridized carbons (Fsp3) is 0.0690. The standard InChI is InChI=1S/C58H44N4/c1-3-19-41(20-4-1)59(43-23-17-25-45(39-43)61-53-33-13-9-29-47(53)48-30-10-14-34-54(48)61)57-37-38-58(52-28-8-7-27-51(52)57)60(42-21-5-2-6-22-42)44-24-18-26-46(40-44)62-55-35-15-11-31-49(55)50-32-12-16-36-56(50)62/h1-11,13-31,33-40,47,53H,12,32H2. The topological polar surface area (TPSA) is 14.7 Å². The first-order valence-electron chi connectivity index (χ1n) is 21.7. The number of nitrogens with zero attached hydrogens (tertiary/aromatic N) is 4. The van der Waals surface area contributed by atoms with Crippen molar-refractivity contribution in [2.24, 2.45) is 0 Å². The Balaban J connectivity index is 1.01. The average molecular weight is 797 g/mol. The van der Waals surface area contributed by atoms with Gasteiger partial charge >= 0.3 is 0 Å². The molecule has 0 N–H and O–H groups in total. The Morgan fingerprint density at radius 2 is 1.03 bits per heavy atom. The Labute approximate surface area is 362 Å². The van der Waals surface area contributed by atoms with Crippen LogP contribution < -0.4 is 14.7 Å². The number of aryl methyl sites for hydroxylation is 1. The summed E-state index contributed by atoms with van der Waals surface area (Å²) in [5.41, 5.74) is 15.6. The summed E-state index contributed by atoms with van der Waals surface area (Å²) in [6, 6.07) is 71.2.